The number of benzene rings is 2. The molecule has 4 nitrogen and oxygen atoms in total. The van der Waals surface area contributed by atoms with Crippen LogP contribution in [0.25, 0.3) is 6.08 Å². The minimum Gasteiger partial charge on any atom is -0.486 e. The van der Waals surface area contributed by atoms with Crippen LogP contribution in [-0.4, -0.2) is 18.2 Å². The van der Waals surface area contributed by atoms with Gasteiger partial charge in [-0.1, -0.05) is 12.1 Å². The summed E-state index contributed by atoms with van der Waals surface area (Å²) in [5.41, 5.74) is 1.09. The summed E-state index contributed by atoms with van der Waals surface area (Å²) >= 11 is 0. The van der Waals surface area contributed by atoms with E-state index in [0.717, 1.165) is 0 Å². The number of carbonyl (C=O) groups excluding carboxylic acids is 2. The molecule has 5 heteroatoms. The maximum absolute atomic E-state index is 12.9. The summed E-state index contributed by atoms with van der Waals surface area (Å²) in [4.78, 5) is 23.2. The van der Waals surface area contributed by atoms with Crippen LogP contribution in [0.1, 0.15) is 22.8 Å². The van der Waals surface area contributed by atoms with Crippen LogP contribution in [0.3, 0.4) is 0 Å². The highest BCUT2D eigenvalue weighted by Gasteiger charge is 2.27. The number of ether oxygens (including phenoxy) is 2. The van der Waals surface area contributed by atoms with E-state index in [1.807, 2.05) is 0 Å². The average Bonchev–Trinajstić information content (AvgIpc) is 2.83. The largest absolute Gasteiger partial charge is 0.486 e. The van der Waals surface area contributed by atoms with Gasteiger partial charge in [0.05, 0.1) is 5.56 Å². The molecule has 3 rings (SSSR count). The number of fused-ring (bicyclic) bond motifs is 1. The van der Waals surface area contributed by atoms with Crippen molar-refractivity contribution in [3.63, 3.8) is 0 Å². The second-order valence-electron chi connectivity index (χ2n) is 5.14. The number of allylic oxidation sites excluding steroid dienone is 1. The molecule has 0 aliphatic carbocycles. The van der Waals surface area contributed by atoms with Gasteiger partial charge in [0.25, 0.3) is 0 Å². The van der Waals surface area contributed by atoms with Gasteiger partial charge in [-0.05, 0) is 42.8 Å². The van der Waals surface area contributed by atoms with Crippen molar-refractivity contribution in [3.05, 3.63) is 65.2 Å². The number of carbonyl (C=O) groups is 2. The number of hydrogen-bond donors (Lipinski definition) is 0. The van der Waals surface area contributed by atoms with Crippen LogP contribution in [-0.2, 0) is 4.79 Å². The summed E-state index contributed by atoms with van der Waals surface area (Å²) in [6.45, 7) is 1.39. The molecular formula is C18H13FO4. The highest BCUT2D eigenvalue weighted by Crippen LogP contribution is 2.34. The maximum atomic E-state index is 12.9. The van der Waals surface area contributed by atoms with E-state index in [9.17, 15) is 14.0 Å². The third kappa shape index (κ3) is 3.29. The smallest absolute Gasteiger partial charge is 0.231 e. The van der Waals surface area contributed by atoms with Crippen molar-refractivity contribution in [1.29, 1.82) is 0 Å². The first-order chi connectivity index (χ1) is 11.0. The summed E-state index contributed by atoms with van der Waals surface area (Å²) in [5, 5.41) is 0. The molecule has 0 atom stereocenters. The molecule has 0 aromatic heterocycles. The molecule has 0 amide bonds. The first-order valence-corrected chi connectivity index (χ1v) is 6.99. The lowest BCUT2D eigenvalue weighted by Gasteiger charge is -2.04. The number of Topliss-reactive ketones (excluding diaryl/α,β-unsaturated/α-hetero) is 2. The van der Waals surface area contributed by atoms with Crippen molar-refractivity contribution in [1.82, 2.24) is 0 Å². The molecule has 0 saturated carbocycles. The predicted molar refractivity (Wildman–Crippen MR) is 82.0 cm³/mol. The van der Waals surface area contributed by atoms with E-state index in [0.29, 0.717) is 22.6 Å². The summed E-state index contributed by atoms with van der Waals surface area (Å²) in [5.74, 6) is 0.303. The predicted octanol–water partition coefficient (Wildman–Crippen LogP) is 3.41. The Bertz CT molecular complexity index is 806. The SMILES string of the molecule is CC(=O)COc1ccc2c(c1)OC(=Cc1ccc(F)cc1)C2=O. The zero-order chi connectivity index (χ0) is 16.4. The van der Waals surface area contributed by atoms with E-state index >= 15 is 0 Å². The van der Waals surface area contributed by atoms with Gasteiger partial charge in [0, 0.05) is 6.07 Å². The fourth-order valence-corrected chi connectivity index (χ4v) is 2.15. The molecule has 0 bridgehead atoms. The van der Waals surface area contributed by atoms with Crippen molar-refractivity contribution in [2.45, 2.75) is 6.92 Å². The van der Waals surface area contributed by atoms with Crippen molar-refractivity contribution >= 4 is 17.6 Å². The van der Waals surface area contributed by atoms with E-state index in [1.54, 1.807) is 36.4 Å². The Kier molecular flexibility index (Phi) is 3.93. The Labute approximate surface area is 132 Å². The molecule has 23 heavy (non-hydrogen) atoms. The maximum Gasteiger partial charge on any atom is 0.231 e. The highest BCUT2D eigenvalue weighted by molar-refractivity contribution is 6.14. The molecule has 0 unspecified atom stereocenters. The zero-order valence-electron chi connectivity index (χ0n) is 12.3. The second kappa shape index (κ2) is 6.04. The first kappa shape index (κ1) is 15.0. The van der Waals surface area contributed by atoms with Crippen LogP contribution < -0.4 is 9.47 Å². The van der Waals surface area contributed by atoms with Crippen LogP contribution >= 0.6 is 0 Å². The molecule has 0 fully saturated rings. The number of ketones is 2. The van der Waals surface area contributed by atoms with Gasteiger partial charge in [-0.15, -0.1) is 0 Å². The molecule has 116 valence electrons. The number of hydrogen-bond acceptors (Lipinski definition) is 4. The third-order valence-corrected chi connectivity index (χ3v) is 3.25. The first-order valence-electron chi connectivity index (χ1n) is 6.99. The van der Waals surface area contributed by atoms with Gasteiger partial charge in [0.1, 0.15) is 23.9 Å². The van der Waals surface area contributed by atoms with Crippen LogP contribution in [0, 0.1) is 5.82 Å². The zero-order valence-corrected chi connectivity index (χ0v) is 12.3. The Morgan fingerprint density at radius 3 is 2.65 bits per heavy atom. The summed E-state index contributed by atoms with van der Waals surface area (Å²) in [6.07, 6.45) is 1.55. The molecule has 1 heterocycles. The van der Waals surface area contributed by atoms with E-state index in [4.69, 9.17) is 9.47 Å². The molecule has 1 aliphatic heterocycles. The monoisotopic (exact) mass is 312 g/mol. The molecule has 0 saturated heterocycles. The third-order valence-electron chi connectivity index (χ3n) is 3.25. The van der Waals surface area contributed by atoms with Gasteiger partial charge in [-0.25, -0.2) is 4.39 Å². The van der Waals surface area contributed by atoms with Gasteiger partial charge >= 0.3 is 0 Å². The topological polar surface area (TPSA) is 52.6 Å². The lowest BCUT2D eigenvalue weighted by atomic mass is 10.1. The van der Waals surface area contributed by atoms with Gasteiger partial charge < -0.3 is 9.47 Å². The fraction of sp³-hybridized carbons (Fsp3) is 0.111. The molecule has 0 spiro atoms. The normalized spacial score (nSPS) is 14.5. The Morgan fingerprint density at radius 1 is 1.22 bits per heavy atom. The minimum absolute atomic E-state index is 0.0367. The van der Waals surface area contributed by atoms with Gasteiger partial charge in [-0.3, -0.25) is 9.59 Å². The summed E-state index contributed by atoms with van der Waals surface area (Å²) in [6, 6.07) is 10.5. The van der Waals surface area contributed by atoms with Crippen LogP contribution in [0.5, 0.6) is 11.5 Å². The molecule has 1 aliphatic rings. The summed E-state index contributed by atoms with van der Waals surface area (Å²) < 4.78 is 23.8. The minimum atomic E-state index is -0.346. The van der Waals surface area contributed by atoms with Crippen molar-refractivity contribution in [2.24, 2.45) is 0 Å². The van der Waals surface area contributed by atoms with Crippen LogP contribution in [0.2, 0.25) is 0 Å². The molecule has 2 aromatic rings. The summed E-state index contributed by atoms with van der Waals surface area (Å²) in [7, 11) is 0. The second-order valence-corrected chi connectivity index (χ2v) is 5.14. The van der Waals surface area contributed by atoms with Crippen molar-refractivity contribution in [3.8, 4) is 11.5 Å². The van der Waals surface area contributed by atoms with Crippen LogP contribution in [0.15, 0.2) is 48.2 Å². The van der Waals surface area contributed by atoms with Crippen molar-refractivity contribution < 1.29 is 23.5 Å². The number of rotatable bonds is 4. The fourth-order valence-electron chi connectivity index (χ4n) is 2.15. The average molecular weight is 312 g/mol. The van der Waals surface area contributed by atoms with Gasteiger partial charge in [-0.2, -0.15) is 0 Å². The Balaban J connectivity index is 1.83. The Morgan fingerprint density at radius 2 is 1.96 bits per heavy atom. The van der Waals surface area contributed by atoms with E-state index in [-0.39, 0.29) is 29.7 Å². The van der Waals surface area contributed by atoms with E-state index in [2.05, 4.69) is 0 Å². The quantitative estimate of drug-likeness (QED) is 0.812. The Hall–Kier alpha value is -2.95. The number of halogens is 1. The lowest BCUT2D eigenvalue weighted by molar-refractivity contribution is -0.118. The molecular weight excluding hydrogens is 299 g/mol. The molecule has 0 radical (unpaired) electrons. The van der Waals surface area contributed by atoms with Gasteiger partial charge in [0.2, 0.25) is 5.78 Å². The standard InChI is InChI=1S/C18H13FO4/c1-11(20)10-22-14-6-7-15-16(9-14)23-17(18(15)21)8-12-2-4-13(19)5-3-12/h2-9H,10H2,1H3. The van der Waals surface area contributed by atoms with Crippen molar-refractivity contribution in [2.75, 3.05) is 6.61 Å². The molecule has 0 N–H and O–H groups in total. The van der Waals surface area contributed by atoms with E-state index < -0.39 is 0 Å². The highest BCUT2D eigenvalue weighted by atomic mass is 19.1. The van der Waals surface area contributed by atoms with E-state index in [1.165, 1.54) is 19.1 Å². The van der Waals surface area contributed by atoms with Gasteiger partial charge in [0.15, 0.2) is 11.5 Å². The lowest BCUT2D eigenvalue weighted by Crippen LogP contribution is -2.06. The molecule has 2 aromatic carbocycles. The van der Waals surface area contributed by atoms with Crippen LogP contribution in [0.4, 0.5) is 4.39 Å².